The molecule has 1 N–H and O–H groups in total. The van der Waals surface area contributed by atoms with Crippen molar-refractivity contribution in [2.75, 3.05) is 18.1 Å². The van der Waals surface area contributed by atoms with E-state index in [0.29, 0.717) is 29.4 Å². The van der Waals surface area contributed by atoms with Crippen molar-refractivity contribution in [3.8, 4) is 0 Å². The first-order chi connectivity index (χ1) is 10.3. The number of alkyl carbamates (subject to hydrolysis) is 1. The second-order valence-corrected chi connectivity index (χ2v) is 6.43. The van der Waals surface area contributed by atoms with Crippen LogP contribution in [0.25, 0.3) is 0 Å². The molecule has 1 aliphatic rings. The molecule has 1 fully saturated rings. The van der Waals surface area contributed by atoms with Crippen LogP contribution in [0.15, 0.2) is 18.2 Å². The average molecular weight is 327 g/mol. The molecule has 0 unspecified atom stereocenters. The Bertz CT molecular complexity index is 583. The van der Waals surface area contributed by atoms with Crippen LogP contribution in [0.5, 0.6) is 0 Å². The zero-order valence-corrected chi connectivity index (χ0v) is 13.6. The quantitative estimate of drug-likeness (QED) is 0.925. The van der Waals surface area contributed by atoms with Gasteiger partial charge in [-0.3, -0.25) is 4.90 Å². The summed E-state index contributed by atoms with van der Waals surface area (Å²) in [6.07, 6.45) is -0.940. The van der Waals surface area contributed by atoms with Crippen LogP contribution >= 0.6 is 11.6 Å². The molecule has 0 aromatic heterocycles. The highest BCUT2D eigenvalue weighted by Crippen LogP contribution is 2.27. The molecule has 22 heavy (non-hydrogen) atoms. The van der Waals surface area contributed by atoms with Gasteiger partial charge in [0.05, 0.1) is 12.2 Å². The van der Waals surface area contributed by atoms with Gasteiger partial charge in [-0.1, -0.05) is 11.6 Å². The van der Waals surface area contributed by atoms with Gasteiger partial charge in [0.1, 0.15) is 13.2 Å². The largest absolute Gasteiger partial charge is 0.447 e. The Morgan fingerprint density at radius 1 is 1.45 bits per heavy atom. The molecule has 1 saturated heterocycles. The van der Waals surface area contributed by atoms with Crippen molar-refractivity contribution in [2.24, 2.45) is 0 Å². The van der Waals surface area contributed by atoms with Crippen molar-refractivity contribution < 1.29 is 19.1 Å². The number of hydrogen-bond acceptors (Lipinski definition) is 4. The molecule has 0 radical (unpaired) electrons. The summed E-state index contributed by atoms with van der Waals surface area (Å²) < 4.78 is 10.1. The van der Waals surface area contributed by atoms with Crippen LogP contribution in [0.3, 0.4) is 0 Å². The summed E-state index contributed by atoms with van der Waals surface area (Å²) in [6.45, 7) is 6.40. The Morgan fingerprint density at radius 2 is 2.18 bits per heavy atom. The van der Waals surface area contributed by atoms with Crippen LogP contribution in [0.4, 0.5) is 15.3 Å². The van der Waals surface area contributed by atoms with Crippen LogP contribution in [0.1, 0.15) is 26.3 Å². The number of nitrogens with one attached hydrogen (secondary N) is 1. The predicted octanol–water partition coefficient (Wildman–Crippen LogP) is 3.32. The number of hydrogen-bond donors (Lipinski definition) is 1. The van der Waals surface area contributed by atoms with E-state index in [1.54, 1.807) is 18.2 Å². The highest BCUT2D eigenvalue weighted by atomic mass is 35.5. The van der Waals surface area contributed by atoms with Crippen molar-refractivity contribution >= 4 is 29.5 Å². The molecule has 1 heterocycles. The standard InChI is InChI=1S/C15H19ClN2O4/c1-15(2,3)17-13(19)22-9-10-8-11(16)4-5-12(10)18-6-7-21-14(18)20/h4-5,8H,6-7,9H2,1-3H3,(H,17,19). The summed E-state index contributed by atoms with van der Waals surface area (Å²) in [7, 11) is 0. The predicted molar refractivity (Wildman–Crippen MR) is 83.2 cm³/mol. The number of cyclic esters (lactones) is 1. The number of nitrogens with zero attached hydrogens (tertiary/aromatic N) is 1. The third-order valence-corrected chi connectivity index (χ3v) is 3.16. The Kier molecular flexibility index (Phi) is 4.81. The van der Waals surface area contributed by atoms with Crippen molar-refractivity contribution in [2.45, 2.75) is 32.9 Å². The summed E-state index contributed by atoms with van der Waals surface area (Å²) in [5.41, 5.74) is 0.901. The lowest BCUT2D eigenvalue weighted by atomic mass is 10.1. The van der Waals surface area contributed by atoms with Gasteiger partial charge in [0, 0.05) is 16.1 Å². The molecule has 2 amide bonds. The number of rotatable bonds is 3. The van der Waals surface area contributed by atoms with E-state index in [2.05, 4.69) is 5.32 Å². The van der Waals surface area contributed by atoms with E-state index in [1.165, 1.54) is 4.90 Å². The Morgan fingerprint density at radius 3 is 2.77 bits per heavy atom. The fourth-order valence-electron chi connectivity index (χ4n) is 2.03. The third kappa shape index (κ3) is 4.27. The van der Waals surface area contributed by atoms with Crippen molar-refractivity contribution in [3.05, 3.63) is 28.8 Å². The number of ether oxygens (including phenoxy) is 2. The molecule has 1 aromatic carbocycles. The van der Waals surface area contributed by atoms with Crippen molar-refractivity contribution in [1.29, 1.82) is 0 Å². The molecular weight excluding hydrogens is 308 g/mol. The normalized spacial score (nSPS) is 14.7. The first-order valence-corrected chi connectivity index (χ1v) is 7.32. The summed E-state index contributed by atoms with van der Waals surface area (Å²) in [5, 5.41) is 3.21. The van der Waals surface area contributed by atoms with E-state index < -0.39 is 12.2 Å². The Balaban J connectivity index is 2.11. The topological polar surface area (TPSA) is 67.9 Å². The van der Waals surface area contributed by atoms with Crippen LogP contribution in [-0.4, -0.2) is 30.9 Å². The van der Waals surface area contributed by atoms with Gasteiger partial charge in [-0.15, -0.1) is 0 Å². The zero-order valence-electron chi connectivity index (χ0n) is 12.8. The van der Waals surface area contributed by atoms with E-state index in [-0.39, 0.29) is 12.1 Å². The summed E-state index contributed by atoms with van der Waals surface area (Å²) in [5.74, 6) is 0. The van der Waals surface area contributed by atoms with E-state index in [0.717, 1.165) is 0 Å². The van der Waals surface area contributed by atoms with Gasteiger partial charge >= 0.3 is 12.2 Å². The Labute approximate surface area is 134 Å². The number of carbonyl (C=O) groups is 2. The van der Waals surface area contributed by atoms with Crippen LogP contribution in [-0.2, 0) is 16.1 Å². The molecule has 0 aliphatic carbocycles. The lowest BCUT2D eigenvalue weighted by molar-refractivity contribution is 0.131. The monoisotopic (exact) mass is 326 g/mol. The maximum atomic E-state index is 11.7. The maximum absolute atomic E-state index is 11.7. The molecule has 120 valence electrons. The van der Waals surface area contributed by atoms with Gasteiger partial charge in [-0.2, -0.15) is 0 Å². The van der Waals surface area contributed by atoms with E-state index in [1.807, 2.05) is 20.8 Å². The number of anilines is 1. The molecule has 0 bridgehead atoms. The highest BCUT2D eigenvalue weighted by molar-refractivity contribution is 6.30. The van der Waals surface area contributed by atoms with E-state index >= 15 is 0 Å². The molecule has 0 saturated carbocycles. The molecule has 1 aromatic rings. The summed E-state index contributed by atoms with van der Waals surface area (Å²) >= 11 is 5.99. The van der Waals surface area contributed by atoms with Gasteiger partial charge < -0.3 is 14.8 Å². The molecule has 0 atom stereocenters. The molecule has 0 spiro atoms. The minimum Gasteiger partial charge on any atom is -0.447 e. The lowest BCUT2D eigenvalue weighted by Crippen LogP contribution is -2.40. The van der Waals surface area contributed by atoms with Gasteiger partial charge in [-0.25, -0.2) is 9.59 Å². The molecular formula is C15H19ClN2O4. The maximum Gasteiger partial charge on any atom is 0.414 e. The third-order valence-electron chi connectivity index (χ3n) is 2.93. The minimum atomic E-state index is -0.526. The highest BCUT2D eigenvalue weighted by Gasteiger charge is 2.26. The van der Waals surface area contributed by atoms with Crippen molar-refractivity contribution in [1.82, 2.24) is 5.32 Å². The fourth-order valence-corrected chi connectivity index (χ4v) is 2.23. The summed E-state index contributed by atoms with van der Waals surface area (Å²) in [4.78, 5) is 24.9. The van der Waals surface area contributed by atoms with E-state index in [4.69, 9.17) is 21.1 Å². The molecule has 1 aliphatic heterocycles. The van der Waals surface area contributed by atoms with Crippen LogP contribution < -0.4 is 10.2 Å². The van der Waals surface area contributed by atoms with Gasteiger partial charge in [-0.05, 0) is 39.0 Å². The fraction of sp³-hybridized carbons (Fsp3) is 0.467. The van der Waals surface area contributed by atoms with Crippen molar-refractivity contribution in [3.63, 3.8) is 0 Å². The smallest absolute Gasteiger partial charge is 0.414 e. The minimum absolute atomic E-state index is 0.0155. The number of amides is 2. The van der Waals surface area contributed by atoms with E-state index in [9.17, 15) is 9.59 Å². The summed E-state index contributed by atoms with van der Waals surface area (Å²) in [6, 6.07) is 5.07. The van der Waals surface area contributed by atoms with Gasteiger partial charge in [0.25, 0.3) is 0 Å². The van der Waals surface area contributed by atoms with Gasteiger partial charge in [0.2, 0.25) is 0 Å². The molecule has 6 nitrogen and oxygen atoms in total. The SMILES string of the molecule is CC(C)(C)NC(=O)OCc1cc(Cl)ccc1N1CCOC1=O. The van der Waals surface area contributed by atoms with Crippen LogP contribution in [0, 0.1) is 0 Å². The number of carbonyl (C=O) groups excluding carboxylic acids is 2. The average Bonchev–Trinajstić information content (AvgIpc) is 2.81. The zero-order chi connectivity index (χ0) is 16.3. The van der Waals surface area contributed by atoms with Crippen LogP contribution in [0.2, 0.25) is 5.02 Å². The second-order valence-electron chi connectivity index (χ2n) is 5.99. The molecule has 7 heteroatoms. The second kappa shape index (κ2) is 6.44. The molecule has 2 rings (SSSR count). The lowest BCUT2D eigenvalue weighted by Gasteiger charge is -2.21. The van der Waals surface area contributed by atoms with Gasteiger partial charge in [0.15, 0.2) is 0 Å². The number of halogens is 1. The first kappa shape index (κ1) is 16.4. The Hall–Kier alpha value is -1.95. The first-order valence-electron chi connectivity index (χ1n) is 6.94. The number of benzene rings is 1.